The molecule has 3 aromatic carbocycles. The summed E-state index contributed by atoms with van der Waals surface area (Å²) in [6, 6.07) is 23.1. The molecule has 0 radical (unpaired) electrons. The number of likely N-dealkylation sites (tertiary alicyclic amines) is 1. The normalized spacial score (nSPS) is 16.0. The van der Waals surface area contributed by atoms with Gasteiger partial charge in [-0.15, -0.1) is 0 Å². The standard InChI is InChI=1S/C28H28F2N2O2/c1-20(21-9-4-2-5-10-21)31-25(33)19-28(22-11-6-3-7-12-22)15-17-32(18-16-28)27(34)23-13-8-14-24(29)26(23)30/h2-14,20H,15-19H2,1H3,(H,31,33). The summed E-state index contributed by atoms with van der Waals surface area (Å²) in [7, 11) is 0. The zero-order valence-electron chi connectivity index (χ0n) is 19.1. The Kier molecular flexibility index (Phi) is 7.06. The summed E-state index contributed by atoms with van der Waals surface area (Å²) < 4.78 is 27.8. The minimum absolute atomic E-state index is 0.0591. The Labute approximate surface area is 198 Å². The van der Waals surface area contributed by atoms with Crippen molar-refractivity contribution in [2.75, 3.05) is 13.1 Å². The van der Waals surface area contributed by atoms with E-state index in [1.165, 1.54) is 12.1 Å². The molecule has 0 spiro atoms. The molecule has 1 aliphatic heterocycles. The average Bonchev–Trinajstić information content (AvgIpc) is 2.86. The number of amides is 2. The second kappa shape index (κ2) is 10.2. The number of hydrogen-bond donors (Lipinski definition) is 1. The maximum absolute atomic E-state index is 14.2. The predicted octanol–water partition coefficient (Wildman–Crippen LogP) is 5.41. The SMILES string of the molecule is CC(NC(=O)CC1(c2ccccc2)CCN(C(=O)c2cccc(F)c2F)CC1)c1ccccc1. The van der Waals surface area contributed by atoms with Crippen molar-refractivity contribution in [2.24, 2.45) is 0 Å². The van der Waals surface area contributed by atoms with Gasteiger partial charge in [-0.25, -0.2) is 8.78 Å². The van der Waals surface area contributed by atoms with Gasteiger partial charge in [0.25, 0.3) is 5.91 Å². The number of halogens is 2. The number of piperidine rings is 1. The highest BCUT2D eigenvalue weighted by Crippen LogP contribution is 2.39. The van der Waals surface area contributed by atoms with Gasteiger partial charge >= 0.3 is 0 Å². The molecule has 1 heterocycles. The maximum Gasteiger partial charge on any atom is 0.256 e. The Hall–Kier alpha value is -3.54. The highest BCUT2D eigenvalue weighted by molar-refractivity contribution is 5.94. The number of hydrogen-bond acceptors (Lipinski definition) is 2. The van der Waals surface area contributed by atoms with Crippen LogP contribution in [0.1, 0.15) is 53.7 Å². The van der Waals surface area contributed by atoms with Crippen molar-refractivity contribution in [3.8, 4) is 0 Å². The molecule has 0 aliphatic carbocycles. The highest BCUT2D eigenvalue weighted by Gasteiger charge is 2.40. The van der Waals surface area contributed by atoms with Gasteiger partial charge in [-0.1, -0.05) is 66.7 Å². The molecule has 34 heavy (non-hydrogen) atoms. The van der Waals surface area contributed by atoms with Crippen molar-refractivity contribution in [2.45, 2.75) is 37.6 Å². The first-order valence-corrected chi connectivity index (χ1v) is 11.5. The van der Waals surface area contributed by atoms with E-state index in [4.69, 9.17) is 0 Å². The molecule has 1 atom stereocenters. The average molecular weight is 463 g/mol. The molecule has 1 fully saturated rings. The smallest absolute Gasteiger partial charge is 0.256 e. The summed E-state index contributed by atoms with van der Waals surface area (Å²) in [4.78, 5) is 27.5. The van der Waals surface area contributed by atoms with Crippen molar-refractivity contribution in [1.82, 2.24) is 10.2 Å². The fourth-order valence-corrected chi connectivity index (χ4v) is 4.76. The van der Waals surface area contributed by atoms with E-state index in [0.29, 0.717) is 25.9 Å². The van der Waals surface area contributed by atoms with Gasteiger partial charge in [0, 0.05) is 24.9 Å². The quantitative estimate of drug-likeness (QED) is 0.533. The van der Waals surface area contributed by atoms with E-state index >= 15 is 0 Å². The van der Waals surface area contributed by atoms with Crippen LogP contribution in [0.25, 0.3) is 0 Å². The molecular weight excluding hydrogens is 434 g/mol. The van der Waals surface area contributed by atoms with Gasteiger partial charge in [0.1, 0.15) is 0 Å². The largest absolute Gasteiger partial charge is 0.350 e. The molecule has 0 saturated carbocycles. The maximum atomic E-state index is 14.2. The highest BCUT2D eigenvalue weighted by atomic mass is 19.2. The topological polar surface area (TPSA) is 49.4 Å². The van der Waals surface area contributed by atoms with Gasteiger partial charge in [0.15, 0.2) is 11.6 Å². The first kappa shape index (κ1) is 23.6. The van der Waals surface area contributed by atoms with Crippen molar-refractivity contribution in [1.29, 1.82) is 0 Å². The number of rotatable bonds is 6. The van der Waals surface area contributed by atoms with E-state index in [9.17, 15) is 18.4 Å². The second-order valence-corrected chi connectivity index (χ2v) is 8.92. The summed E-state index contributed by atoms with van der Waals surface area (Å²) in [5.74, 6) is -2.75. The van der Waals surface area contributed by atoms with Crippen LogP contribution in [0.15, 0.2) is 78.9 Å². The summed E-state index contributed by atoms with van der Waals surface area (Å²) >= 11 is 0. The lowest BCUT2D eigenvalue weighted by Crippen LogP contribution is -2.47. The predicted molar refractivity (Wildman–Crippen MR) is 127 cm³/mol. The fourth-order valence-electron chi connectivity index (χ4n) is 4.76. The summed E-state index contributed by atoms with van der Waals surface area (Å²) in [5.41, 5.74) is 1.37. The third kappa shape index (κ3) is 5.01. The zero-order chi connectivity index (χ0) is 24.1. The molecule has 4 rings (SSSR count). The van der Waals surface area contributed by atoms with Crippen molar-refractivity contribution in [3.63, 3.8) is 0 Å². The molecule has 1 N–H and O–H groups in total. The third-order valence-corrected chi connectivity index (χ3v) is 6.75. The van der Waals surface area contributed by atoms with Gasteiger partial charge in [-0.05, 0) is 43.0 Å². The van der Waals surface area contributed by atoms with E-state index in [0.717, 1.165) is 17.2 Å². The summed E-state index contributed by atoms with van der Waals surface area (Å²) in [6.45, 7) is 2.66. The van der Waals surface area contributed by atoms with Crippen LogP contribution in [0.3, 0.4) is 0 Å². The van der Waals surface area contributed by atoms with E-state index < -0.39 is 23.0 Å². The minimum atomic E-state index is -1.12. The lowest BCUT2D eigenvalue weighted by Gasteiger charge is -2.42. The number of benzene rings is 3. The van der Waals surface area contributed by atoms with Gasteiger partial charge in [0.05, 0.1) is 11.6 Å². The van der Waals surface area contributed by atoms with Crippen LogP contribution in [0.4, 0.5) is 8.78 Å². The van der Waals surface area contributed by atoms with E-state index in [1.54, 1.807) is 4.90 Å². The first-order valence-electron chi connectivity index (χ1n) is 11.5. The van der Waals surface area contributed by atoms with E-state index in [2.05, 4.69) is 5.32 Å². The van der Waals surface area contributed by atoms with Crippen LogP contribution in [0, 0.1) is 11.6 Å². The Morgan fingerprint density at radius 1 is 0.912 bits per heavy atom. The molecule has 0 aromatic heterocycles. The van der Waals surface area contributed by atoms with Crippen molar-refractivity contribution in [3.05, 3.63) is 107 Å². The number of nitrogens with zero attached hydrogens (tertiary/aromatic N) is 1. The molecule has 176 valence electrons. The van der Waals surface area contributed by atoms with Crippen LogP contribution in [-0.2, 0) is 10.2 Å². The zero-order valence-corrected chi connectivity index (χ0v) is 19.1. The van der Waals surface area contributed by atoms with Crippen LogP contribution in [0.2, 0.25) is 0 Å². The van der Waals surface area contributed by atoms with Crippen LogP contribution in [0.5, 0.6) is 0 Å². The van der Waals surface area contributed by atoms with Gasteiger partial charge in [-0.3, -0.25) is 9.59 Å². The molecule has 1 aliphatic rings. The van der Waals surface area contributed by atoms with Crippen LogP contribution >= 0.6 is 0 Å². The Bertz CT molecular complexity index is 1140. The number of carbonyl (C=O) groups excluding carboxylic acids is 2. The van der Waals surface area contributed by atoms with Crippen molar-refractivity contribution < 1.29 is 18.4 Å². The minimum Gasteiger partial charge on any atom is -0.350 e. The first-order chi connectivity index (χ1) is 16.4. The number of carbonyl (C=O) groups is 2. The molecule has 6 heteroatoms. The molecular formula is C28H28F2N2O2. The molecule has 1 unspecified atom stereocenters. The molecule has 0 bridgehead atoms. The van der Waals surface area contributed by atoms with Gasteiger partial charge in [-0.2, -0.15) is 0 Å². The Morgan fingerprint density at radius 3 is 2.18 bits per heavy atom. The summed E-state index contributed by atoms with van der Waals surface area (Å²) in [6.07, 6.45) is 1.38. The Morgan fingerprint density at radius 2 is 1.53 bits per heavy atom. The lowest BCUT2D eigenvalue weighted by atomic mass is 9.70. The van der Waals surface area contributed by atoms with Crippen LogP contribution in [-0.4, -0.2) is 29.8 Å². The molecule has 3 aromatic rings. The van der Waals surface area contributed by atoms with Gasteiger partial charge in [0.2, 0.25) is 5.91 Å². The second-order valence-electron chi connectivity index (χ2n) is 8.92. The molecule has 4 nitrogen and oxygen atoms in total. The van der Waals surface area contributed by atoms with Crippen molar-refractivity contribution >= 4 is 11.8 Å². The molecule has 1 saturated heterocycles. The lowest BCUT2D eigenvalue weighted by molar-refractivity contribution is -0.123. The monoisotopic (exact) mass is 462 g/mol. The number of nitrogens with one attached hydrogen (secondary N) is 1. The van der Waals surface area contributed by atoms with E-state index in [-0.39, 0.29) is 23.9 Å². The van der Waals surface area contributed by atoms with E-state index in [1.807, 2.05) is 67.6 Å². The summed E-state index contributed by atoms with van der Waals surface area (Å²) in [5, 5.41) is 3.10. The Balaban J connectivity index is 1.50. The molecule has 2 amide bonds. The van der Waals surface area contributed by atoms with Gasteiger partial charge < -0.3 is 10.2 Å². The van der Waals surface area contributed by atoms with Crippen LogP contribution < -0.4 is 5.32 Å². The third-order valence-electron chi connectivity index (χ3n) is 6.75. The fraction of sp³-hybridized carbons (Fsp3) is 0.286.